The molecule has 0 fully saturated rings. The Morgan fingerprint density at radius 1 is 1.29 bits per heavy atom. The molecule has 0 saturated carbocycles. The maximum absolute atomic E-state index is 10.8. The Morgan fingerprint density at radius 3 is 2.38 bits per heavy atom. The molecular weight excluding hydrogens is 262 g/mol. The largest absolute Gasteiger partial charge is 0.391 e. The van der Waals surface area contributed by atoms with Gasteiger partial charge in [-0.05, 0) is 45.8 Å². The van der Waals surface area contributed by atoms with Crippen molar-refractivity contribution in [3.63, 3.8) is 0 Å². The van der Waals surface area contributed by atoms with E-state index < -0.39 is 6.10 Å². The highest BCUT2D eigenvalue weighted by Crippen LogP contribution is 2.26. The zero-order chi connectivity index (χ0) is 16.0. The van der Waals surface area contributed by atoms with Crippen molar-refractivity contribution >= 4 is 0 Å². The lowest BCUT2D eigenvalue weighted by Gasteiger charge is -2.43. The minimum absolute atomic E-state index is 0.191. The van der Waals surface area contributed by atoms with Crippen molar-refractivity contribution in [2.24, 2.45) is 0 Å². The molecule has 4 nitrogen and oxygen atoms in total. The lowest BCUT2D eigenvalue weighted by Crippen LogP contribution is -2.54. The number of hydrogen-bond donors (Lipinski definition) is 1. The Bertz CT molecular complexity index is 414. The molecule has 0 amide bonds. The van der Waals surface area contributed by atoms with Gasteiger partial charge in [0.2, 0.25) is 0 Å². The summed E-state index contributed by atoms with van der Waals surface area (Å²) in [6, 6.07) is 2.45. The summed E-state index contributed by atoms with van der Waals surface area (Å²) < 4.78 is 2.00. The van der Waals surface area contributed by atoms with Gasteiger partial charge >= 0.3 is 0 Å². The van der Waals surface area contributed by atoms with Crippen LogP contribution in [-0.2, 0) is 6.42 Å². The van der Waals surface area contributed by atoms with E-state index in [1.54, 1.807) is 0 Å². The van der Waals surface area contributed by atoms with Gasteiger partial charge in [0.15, 0.2) is 0 Å². The van der Waals surface area contributed by atoms with Crippen LogP contribution in [0.3, 0.4) is 0 Å². The second-order valence-electron chi connectivity index (χ2n) is 6.15. The lowest BCUT2D eigenvalue weighted by atomic mass is 9.86. The van der Waals surface area contributed by atoms with E-state index in [9.17, 15) is 5.11 Å². The zero-order valence-corrected chi connectivity index (χ0v) is 14.6. The molecule has 4 heteroatoms. The van der Waals surface area contributed by atoms with E-state index >= 15 is 0 Å². The molecule has 0 aliphatic rings. The maximum atomic E-state index is 10.8. The molecule has 0 radical (unpaired) electrons. The van der Waals surface area contributed by atoms with Gasteiger partial charge in [-0.15, -0.1) is 0 Å². The molecule has 1 rings (SSSR count). The summed E-state index contributed by atoms with van der Waals surface area (Å²) in [6.45, 7) is 14.9. The van der Waals surface area contributed by atoms with Crippen molar-refractivity contribution in [3.8, 4) is 0 Å². The molecule has 0 aliphatic heterocycles. The highest BCUT2D eigenvalue weighted by molar-refractivity contribution is 5.05. The molecule has 1 aromatic rings. The number of hydrogen-bond acceptors (Lipinski definition) is 3. The van der Waals surface area contributed by atoms with Crippen molar-refractivity contribution in [1.29, 1.82) is 0 Å². The van der Waals surface area contributed by atoms with E-state index in [0.717, 1.165) is 31.6 Å². The highest BCUT2D eigenvalue weighted by Gasteiger charge is 2.36. The summed E-state index contributed by atoms with van der Waals surface area (Å²) in [6.07, 6.45) is 4.24. The van der Waals surface area contributed by atoms with Crippen LogP contribution in [0.2, 0.25) is 0 Å². The van der Waals surface area contributed by atoms with Gasteiger partial charge in [-0.3, -0.25) is 9.58 Å². The van der Waals surface area contributed by atoms with Gasteiger partial charge in [0, 0.05) is 24.2 Å². The summed E-state index contributed by atoms with van der Waals surface area (Å²) in [7, 11) is 0. The lowest BCUT2D eigenvalue weighted by molar-refractivity contribution is -0.0195. The van der Waals surface area contributed by atoms with Gasteiger partial charge in [-0.1, -0.05) is 27.7 Å². The first-order valence-corrected chi connectivity index (χ1v) is 8.39. The van der Waals surface area contributed by atoms with Crippen LogP contribution >= 0.6 is 0 Å². The maximum Gasteiger partial charge on any atom is 0.0777 e. The van der Waals surface area contributed by atoms with Gasteiger partial charge in [-0.2, -0.15) is 5.10 Å². The number of rotatable bonds is 9. The van der Waals surface area contributed by atoms with Crippen LogP contribution in [0.25, 0.3) is 0 Å². The van der Waals surface area contributed by atoms with E-state index in [4.69, 9.17) is 0 Å². The zero-order valence-electron chi connectivity index (χ0n) is 14.6. The van der Waals surface area contributed by atoms with E-state index in [2.05, 4.69) is 51.5 Å². The normalized spacial score (nSPS) is 17.7. The molecule has 1 aromatic heterocycles. The summed E-state index contributed by atoms with van der Waals surface area (Å²) >= 11 is 0. The fraction of sp³-hybridized carbons (Fsp3) is 0.824. The first-order valence-electron chi connectivity index (χ1n) is 8.39. The van der Waals surface area contributed by atoms with Crippen LogP contribution < -0.4 is 0 Å². The van der Waals surface area contributed by atoms with Crippen LogP contribution in [0.5, 0.6) is 0 Å². The monoisotopic (exact) mass is 295 g/mol. The molecule has 1 heterocycles. The van der Waals surface area contributed by atoms with Crippen molar-refractivity contribution in [2.45, 2.75) is 78.5 Å². The van der Waals surface area contributed by atoms with Crippen molar-refractivity contribution in [2.75, 3.05) is 13.1 Å². The predicted molar refractivity (Wildman–Crippen MR) is 88.6 cm³/mol. The number of nitrogens with zero attached hydrogens (tertiary/aromatic N) is 3. The second kappa shape index (κ2) is 7.95. The summed E-state index contributed by atoms with van der Waals surface area (Å²) in [5.74, 6) is 0. The van der Waals surface area contributed by atoms with Crippen LogP contribution in [0.4, 0.5) is 0 Å². The first kappa shape index (κ1) is 18.2. The summed E-state index contributed by atoms with van der Waals surface area (Å²) in [4.78, 5) is 2.35. The Morgan fingerprint density at radius 2 is 1.90 bits per heavy atom. The topological polar surface area (TPSA) is 41.3 Å². The quantitative estimate of drug-likeness (QED) is 0.760. The van der Waals surface area contributed by atoms with E-state index in [1.807, 2.05) is 16.9 Å². The summed E-state index contributed by atoms with van der Waals surface area (Å²) in [5.41, 5.74) is 0.790. The van der Waals surface area contributed by atoms with Gasteiger partial charge in [0.05, 0.1) is 11.8 Å². The fourth-order valence-corrected chi connectivity index (χ4v) is 2.95. The number of aliphatic hydroxyl groups excluding tert-OH is 1. The number of likely N-dealkylation sites (N-methyl/N-ethyl adjacent to an activating group) is 1. The van der Waals surface area contributed by atoms with Crippen LogP contribution in [0, 0.1) is 0 Å². The molecule has 0 aromatic carbocycles. The van der Waals surface area contributed by atoms with Crippen LogP contribution in [-0.4, -0.2) is 44.5 Å². The highest BCUT2D eigenvalue weighted by atomic mass is 16.3. The van der Waals surface area contributed by atoms with Gasteiger partial charge < -0.3 is 5.11 Å². The van der Waals surface area contributed by atoms with Gasteiger partial charge in [0.25, 0.3) is 0 Å². The molecule has 1 N–H and O–H groups in total. The van der Waals surface area contributed by atoms with Gasteiger partial charge in [0.1, 0.15) is 0 Å². The van der Waals surface area contributed by atoms with E-state index in [1.165, 1.54) is 0 Å². The molecule has 0 aliphatic carbocycles. The molecule has 3 atom stereocenters. The van der Waals surface area contributed by atoms with Crippen LogP contribution in [0.1, 0.15) is 66.1 Å². The average Bonchev–Trinajstić information content (AvgIpc) is 2.95. The third-order valence-electron chi connectivity index (χ3n) is 5.03. The average molecular weight is 295 g/mol. The fourth-order valence-electron chi connectivity index (χ4n) is 2.95. The number of aliphatic hydroxyl groups is 1. The van der Waals surface area contributed by atoms with E-state index in [0.29, 0.717) is 12.5 Å². The van der Waals surface area contributed by atoms with Crippen molar-refractivity contribution in [3.05, 3.63) is 18.0 Å². The molecule has 0 spiro atoms. The number of aromatic nitrogens is 2. The minimum atomic E-state index is -0.400. The van der Waals surface area contributed by atoms with Crippen molar-refractivity contribution in [1.82, 2.24) is 14.7 Å². The van der Waals surface area contributed by atoms with E-state index in [-0.39, 0.29) is 5.54 Å². The summed E-state index contributed by atoms with van der Waals surface area (Å²) in [5, 5.41) is 15.4. The molecule has 0 saturated heterocycles. The predicted octanol–water partition coefficient (Wildman–Crippen LogP) is 3.27. The molecule has 21 heavy (non-hydrogen) atoms. The molecule has 0 bridgehead atoms. The molecule has 3 unspecified atom stereocenters. The Kier molecular flexibility index (Phi) is 6.88. The smallest absolute Gasteiger partial charge is 0.0777 e. The molecule has 122 valence electrons. The molecular formula is C17H33N3O. The standard InChI is InChI=1S/C17H33N3O/c1-7-14(5)20-12-11-15(18-20)13-16(21)17(6,8-2)19(9-3)10-4/h11-12,14,16,21H,7-10,13H2,1-6H3. The van der Waals surface area contributed by atoms with Crippen molar-refractivity contribution < 1.29 is 5.11 Å². The Balaban J connectivity index is 2.82. The minimum Gasteiger partial charge on any atom is -0.391 e. The Labute approximate surface area is 130 Å². The van der Waals surface area contributed by atoms with Gasteiger partial charge in [-0.25, -0.2) is 0 Å². The Hall–Kier alpha value is -0.870. The second-order valence-corrected chi connectivity index (χ2v) is 6.15. The third-order valence-corrected chi connectivity index (χ3v) is 5.03. The SMILES string of the molecule is CCC(C)n1ccc(CC(O)C(C)(CC)N(CC)CC)n1. The van der Waals surface area contributed by atoms with Crippen LogP contribution in [0.15, 0.2) is 12.3 Å². The third kappa shape index (κ3) is 4.07. The first-order chi connectivity index (χ1) is 9.92.